The molecule has 1 aromatic carbocycles. The van der Waals surface area contributed by atoms with Crippen molar-refractivity contribution in [3.63, 3.8) is 0 Å². The second-order valence-corrected chi connectivity index (χ2v) is 4.29. The summed E-state index contributed by atoms with van der Waals surface area (Å²) in [6, 6.07) is 3.62. The van der Waals surface area contributed by atoms with Gasteiger partial charge in [0, 0.05) is 11.4 Å². The lowest BCUT2D eigenvalue weighted by molar-refractivity contribution is 1.29. The molecule has 0 atom stereocenters. The molecule has 0 saturated heterocycles. The van der Waals surface area contributed by atoms with Gasteiger partial charge < -0.3 is 10.9 Å². The van der Waals surface area contributed by atoms with Gasteiger partial charge in [0.05, 0.1) is 22.7 Å². The summed E-state index contributed by atoms with van der Waals surface area (Å²) in [5.41, 5.74) is 9.95. The molecule has 0 bridgehead atoms. The molecule has 0 aliphatic carbocycles. The number of hydrogen-bond acceptors (Lipinski definition) is 6. The standard InChI is InChI=1S/C12H20N6/c1-7(2)15-9-5-12(18-14)10(16-8(3)4)6-11(9)17-13/h5-6,17-18H,13-14H2,1-4H3. The summed E-state index contributed by atoms with van der Waals surface area (Å²) < 4.78 is 0. The first kappa shape index (κ1) is 14.1. The van der Waals surface area contributed by atoms with Crippen LogP contribution in [0.4, 0.5) is 22.7 Å². The predicted octanol–water partition coefficient (Wildman–Crippen LogP) is 2.48. The highest BCUT2D eigenvalue weighted by molar-refractivity contribution is 5.90. The molecular formula is C12H20N6. The first-order chi connectivity index (χ1) is 8.47. The van der Waals surface area contributed by atoms with Gasteiger partial charge in [-0.1, -0.05) is 0 Å². The molecule has 0 saturated carbocycles. The molecule has 0 aliphatic heterocycles. The molecule has 0 fully saturated rings. The third-order valence-electron chi connectivity index (χ3n) is 2.11. The minimum absolute atomic E-state index is 0.704. The molecule has 0 aromatic heterocycles. The van der Waals surface area contributed by atoms with Crippen molar-refractivity contribution in [2.24, 2.45) is 21.7 Å². The van der Waals surface area contributed by atoms with Gasteiger partial charge in [0.2, 0.25) is 0 Å². The van der Waals surface area contributed by atoms with E-state index in [9.17, 15) is 0 Å². The lowest BCUT2D eigenvalue weighted by Crippen LogP contribution is -2.10. The van der Waals surface area contributed by atoms with Gasteiger partial charge in [-0.3, -0.25) is 21.7 Å². The number of benzene rings is 1. The van der Waals surface area contributed by atoms with Crippen LogP contribution in [0.3, 0.4) is 0 Å². The van der Waals surface area contributed by atoms with Crippen molar-refractivity contribution < 1.29 is 0 Å². The molecular weight excluding hydrogens is 228 g/mol. The van der Waals surface area contributed by atoms with Gasteiger partial charge in [0.25, 0.3) is 0 Å². The average molecular weight is 248 g/mol. The van der Waals surface area contributed by atoms with Gasteiger partial charge in [-0.25, -0.2) is 0 Å². The third kappa shape index (κ3) is 3.54. The summed E-state index contributed by atoms with van der Waals surface area (Å²) in [6.07, 6.45) is 0. The van der Waals surface area contributed by atoms with E-state index in [1.807, 2.05) is 39.8 Å². The molecule has 98 valence electrons. The molecule has 1 rings (SSSR count). The zero-order valence-electron chi connectivity index (χ0n) is 11.2. The number of anilines is 2. The van der Waals surface area contributed by atoms with E-state index >= 15 is 0 Å². The maximum atomic E-state index is 5.50. The van der Waals surface area contributed by atoms with Gasteiger partial charge in [-0.2, -0.15) is 0 Å². The summed E-state index contributed by atoms with van der Waals surface area (Å²) in [4.78, 5) is 8.78. The monoisotopic (exact) mass is 248 g/mol. The fraction of sp³-hybridized carbons (Fsp3) is 0.333. The van der Waals surface area contributed by atoms with Gasteiger partial charge in [0.1, 0.15) is 0 Å². The highest BCUT2D eigenvalue weighted by Crippen LogP contribution is 2.36. The summed E-state index contributed by atoms with van der Waals surface area (Å²) in [7, 11) is 0. The van der Waals surface area contributed by atoms with Crippen molar-refractivity contribution in [2.75, 3.05) is 10.9 Å². The Labute approximate surface area is 107 Å². The third-order valence-corrected chi connectivity index (χ3v) is 2.11. The topological polar surface area (TPSA) is 101 Å². The molecule has 6 nitrogen and oxygen atoms in total. The van der Waals surface area contributed by atoms with E-state index in [-0.39, 0.29) is 0 Å². The van der Waals surface area contributed by atoms with Gasteiger partial charge in [0.15, 0.2) is 0 Å². The Bertz CT molecular complexity index is 436. The van der Waals surface area contributed by atoms with Crippen LogP contribution in [0.1, 0.15) is 27.7 Å². The molecule has 18 heavy (non-hydrogen) atoms. The molecule has 6 heteroatoms. The first-order valence-corrected chi connectivity index (χ1v) is 5.63. The molecule has 0 radical (unpaired) electrons. The van der Waals surface area contributed by atoms with Crippen molar-refractivity contribution in [1.29, 1.82) is 0 Å². The molecule has 1 aromatic rings. The second-order valence-electron chi connectivity index (χ2n) is 4.29. The Morgan fingerprint density at radius 2 is 1.17 bits per heavy atom. The largest absolute Gasteiger partial charge is 0.322 e. The number of aliphatic imine (C=N–C) groups is 2. The van der Waals surface area contributed by atoms with E-state index in [2.05, 4.69) is 20.8 Å². The predicted molar refractivity (Wildman–Crippen MR) is 78.9 cm³/mol. The van der Waals surface area contributed by atoms with E-state index in [4.69, 9.17) is 11.7 Å². The number of hydrazine groups is 2. The Morgan fingerprint density at radius 3 is 1.39 bits per heavy atom. The quantitative estimate of drug-likeness (QED) is 0.373. The normalized spacial score (nSPS) is 9.67. The summed E-state index contributed by atoms with van der Waals surface area (Å²) in [5, 5.41) is 0. The highest BCUT2D eigenvalue weighted by Gasteiger charge is 2.08. The zero-order chi connectivity index (χ0) is 13.7. The Hall–Kier alpha value is -1.92. The van der Waals surface area contributed by atoms with Crippen LogP contribution in [0.5, 0.6) is 0 Å². The smallest absolute Gasteiger partial charge is 0.0895 e. The van der Waals surface area contributed by atoms with Crippen molar-refractivity contribution in [1.82, 2.24) is 0 Å². The van der Waals surface area contributed by atoms with Gasteiger partial charge >= 0.3 is 0 Å². The number of nitrogens with two attached hydrogens (primary N) is 2. The van der Waals surface area contributed by atoms with Crippen molar-refractivity contribution in [2.45, 2.75) is 27.7 Å². The lowest BCUT2D eigenvalue weighted by Gasteiger charge is -2.11. The average Bonchev–Trinajstić information content (AvgIpc) is 2.29. The SMILES string of the molecule is CC(C)=Nc1cc(NN)c(N=C(C)C)cc1NN. The fourth-order valence-corrected chi connectivity index (χ4v) is 1.47. The highest BCUT2D eigenvalue weighted by atomic mass is 15.2. The van der Waals surface area contributed by atoms with E-state index in [0.29, 0.717) is 11.4 Å². The lowest BCUT2D eigenvalue weighted by atomic mass is 10.2. The molecule has 0 heterocycles. The van der Waals surface area contributed by atoms with Crippen molar-refractivity contribution >= 4 is 34.2 Å². The molecule has 0 spiro atoms. The maximum absolute atomic E-state index is 5.50. The van der Waals surface area contributed by atoms with Crippen LogP contribution < -0.4 is 22.5 Å². The first-order valence-electron chi connectivity index (χ1n) is 5.63. The number of hydrogen-bond donors (Lipinski definition) is 4. The van der Waals surface area contributed by atoms with Gasteiger partial charge in [-0.15, -0.1) is 0 Å². The number of nitrogens with zero attached hydrogens (tertiary/aromatic N) is 2. The van der Waals surface area contributed by atoms with Crippen LogP contribution in [0.2, 0.25) is 0 Å². The van der Waals surface area contributed by atoms with Crippen LogP contribution in [-0.4, -0.2) is 11.4 Å². The van der Waals surface area contributed by atoms with Crippen molar-refractivity contribution in [3.05, 3.63) is 12.1 Å². The Kier molecular flexibility index (Phi) is 4.82. The van der Waals surface area contributed by atoms with Crippen LogP contribution >= 0.6 is 0 Å². The number of nitrogens with one attached hydrogen (secondary N) is 2. The maximum Gasteiger partial charge on any atom is 0.0895 e. The second kappa shape index (κ2) is 6.13. The fourth-order valence-electron chi connectivity index (χ4n) is 1.47. The van der Waals surface area contributed by atoms with Crippen LogP contribution in [-0.2, 0) is 0 Å². The molecule has 0 aliphatic rings. The number of nitrogen functional groups attached to an aromatic ring is 2. The van der Waals surface area contributed by atoms with E-state index in [0.717, 1.165) is 22.8 Å². The molecule has 0 amide bonds. The van der Waals surface area contributed by atoms with Gasteiger partial charge in [-0.05, 0) is 39.8 Å². The summed E-state index contributed by atoms with van der Waals surface area (Å²) >= 11 is 0. The van der Waals surface area contributed by atoms with E-state index < -0.39 is 0 Å². The minimum Gasteiger partial charge on any atom is -0.322 e. The minimum atomic E-state index is 0.704. The Morgan fingerprint density at radius 1 is 0.833 bits per heavy atom. The number of rotatable bonds is 4. The van der Waals surface area contributed by atoms with Crippen molar-refractivity contribution in [3.8, 4) is 0 Å². The van der Waals surface area contributed by atoms with E-state index in [1.165, 1.54) is 0 Å². The molecule has 0 unspecified atom stereocenters. The molecule has 6 N–H and O–H groups in total. The van der Waals surface area contributed by atoms with Crippen LogP contribution in [0.15, 0.2) is 22.1 Å². The Balaban J connectivity index is 3.41. The van der Waals surface area contributed by atoms with E-state index in [1.54, 1.807) is 0 Å². The van der Waals surface area contributed by atoms with Crippen LogP contribution in [0.25, 0.3) is 0 Å². The summed E-state index contributed by atoms with van der Waals surface area (Å²) in [5.74, 6) is 11.0. The summed E-state index contributed by atoms with van der Waals surface area (Å²) in [6.45, 7) is 7.66. The zero-order valence-corrected chi connectivity index (χ0v) is 11.2. The van der Waals surface area contributed by atoms with Crippen LogP contribution in [0, 0.1) is 0 Å².